The normalized spacial score (nSPS) is 26.7. The number of rotatable bonds is 2. The van der Waals surface area contributed by atoms with Gasteiger partial charge in [0, 0.05) is 10.9 Å². The van der Waals surface area contributed by atoms with E-state index in [1.165, 1.54) is 12.8 Å². The number of hydrogen-bond donors (Lipinski definition) is 1. The first kappa shape index (κ1) is 12.6. The van der Waals surface area contributed by atoms with E-state index in [1.54, 1.807) is 0 Å². The lowest BCUT2D eigenvalue weighted by Gasteiger charge is -2.26. The lowest BCUT2D eigenvalue weighted by atomic mass is 9.91. The maximum atomic E-state index is 12.5. The third-order valence-electron chi connectivity index (χ3n) is 3.57. The van der Waals surface area contributed by atoms with Crippen molar-refractivity contribution in [2.75, 3.05) is 5.73 Å². The molecule has 2 nitrogen and oxygen atoms in total. The van der Waals surface area contributed by atoms with Crippen LogP contribution < -0.4 is 5.73 Å². The molecule has 0 saturated heterocycles. The Labute approximate surface area is 106 Å². The van der Waals surface area contributed by atoms with Gasteiger partial charge in [-0.05, 0) is 43.4 Å². The van der Waals surface area contributed by atoms with Crippen LogP contribution in [0.2, 0.25) is 0 Å². The molecule has 94 valence electrons. The molecule has 0 aliphatic heterocycles. The first-order valence-corrected chi connectivity index (χ1v) is 7.56. The number of nitrogen functional groups attached to an aromatic ring is 1. The van der Waals surface area contributed by atoms with Crippen LogP contribution in [0.4, 0.5) is 5.69 Å². The van der Waals surface area contributed by atoms with Crippen LogP contribution in [-0.4, -0.2) is 9.46 Å². The molecule has 17 heavy (non-hydrogen) atoms. The molecule has 3 heteroatoms. The summed E-state index contributed by atoms with van der Waals surface area (Å²) in [6, 6.07) is 5.84. The summed E-state index contributed by atoms with van der Waals surface area (Å²) in [6.45, 7) is 4.26. The molecule has 1 aromatic rings. The highest BCUT2D eigenvalue weighted by Gasteiger charge is 2.25. The molecule has 0 radical (unpaired) electrons. The van der Waals surface area contributed by atoms with Gasteiger partial charge in [0.15, 0.2) is 0 Å². The molecule has 3 atom stereocenters. The molecule has 0 heterocycles. The number of aryl methyl sites for hydroxylation is 1. The van der Waals surface area contributed by atoms with Crippen LogP contribution in [-0.2, 0) is 10.8 Å². The summed E-state index contributed by atoms with van der Waals surface area (Å²) in [5.41, 5.74) is 7.78. The van der Waals surface area contributed by atoms with E-state index in [0.717, 1.165) is 23.3 Å². The maximum Gasteiger partial charge on any atom is 0.0620 e. The average Bonchev–Trinajstić information content (AvgIpc) is 2.28. The highest BCUT2D eigenvalue weighted by molar-refractivity contribution is 7.85. The van der Waals surface area contributed by atoms with E-state index in [9.17, 15) is 4.21 Å². The summed E-state index contributed by atoms with van der Waals surface area (Å²) in [6.07, 6.45) is 4.62. The number of benzene rings is 1. The second-order valence-electron chi connectivity index (χ2n) is 5.23. The Kier molecular flexibility index (Phi) is 3.87. The molecule has 1 aliphatic carbocycles. The topological polar surface area (TPSA) is 43.1 Å². The molecule has 1 aromatic carbocycles. The van der Waals surface area contributed by atoms with Gasteiger partial charge in [-0.2, -0.15) is 0 Å². The van der Waals surface area contributed by atoms with E-state index in [4.69, 9.17) is 5.73 Å². The first-order chi connectivity index (χ1) is 8.08. The molecule has 1 aliphatic rings. The van der Waals surface area contributed by atoms with Crippen LogP contribution in [0.25, 0.3) is 0 Å². The van der Waals surface area contributed by atoms with Gasteiger partial charge in [-0.25, -0.2) is 0 Å². The summed E-state index contributed by atoms with van der Waals surface area (Å²) in [4.78, 5) is 0.828. The highest BCUT2D eigenvalue weighted by Crippen LogP contribution is 2.31. The van der Waals surface area contributed by atoms with E-state index >= 15 is 0 Å². The first-order valence-electron chi connectivity index (χ1n) is 6.34. The summed E-state index contributed by atoms with van der Waals surface area (Å²) in [5.74, 6) is 0.698. The molecule has 0 spiro atoms. The monoisotopic (exact) mass is 251 g/mol. The molecule has 0 aromatic heterocycles. The number of hydrogen-bond acceptors (Lipinski definition) is 2. The molecule has 1 fully saturated rings. The van der Waals surface area contributed by atoms with E-state index in [1.807, 2.05) is 25.1 Å². The SMILES string of the molecule is Cc1ccc(S(=O)C2CCCC(C)C2)c(N)c1. The number of nitrogens with two attached hydrogens (primary N) is 1. The van der Waals surface area contributed by atoms with Gasteiger partial charge in [0.25, 0.3) is 0 Å². The van der Waals surface area contributed by atoms with E-state index < -0.39 is 10.8 Å². The van der Waals surface area contributed by atoms with Gasteiger partial charge in [0.2, 0.25) is 0 Å². The van der Waals surface area contributed by atoms with E-state index in [-0.39, 0.29) is 0 Å². The van der Waals surface area contributed by atoms with Crippen molar-refractivity contribution in [3.63, 3.8) is 0 Å². The van der Waals surface area contributed by atoms with Crippen molar-refractivity contribution in [2.45, 2.75) is 49.7 Å². The summed E-state index contributed by atoms with van der Waals surface area (Å²) < 4.78 is 12.5. The van der Waals surface area contributed by atoms with Crippen LogP contribution >= 0.6 is 0 Å². The molecule has 1 saturated carbocycles. The highest BCUT2D eigenvalue weighted by atomic mass is 32.2. The van der Waals surface area contributed by atoms with Gasteiger partial charge in [0.1, 0.15) is 0 Å². The third-order valence-corrected chi connectivity index (χ3v) is 5.41. The molecule has 0 bridgehead atoms. The van der Waals surface area contributed by atoms with Gasteiger partial charge in [-0.15, -0.1) is 0 Å². The van der Waals surface area contributed by atoms with Gasteiger partial charge < -0.3 is 5.73 Å². The second kappa shape index (κ2) is 5.21. The molecule has 0 amide bonds. The molecule has 2 rings (SSSR count). The molecule has 3 unspecified atom stereocenters. The van der Waals surface area contributed by atoms with E-state index in [2.05, 4.69) is 6.92 Å². The summed E-state index contributed by atoms with van der Waals surface area (Å²) in [7, 11) is -0.935. The van der Waals surface area contributed by atoms with Crippen LogP contribution in [0.5, 0.6) is 0 Å². The zero-order valence-electron chi connectivity index (χ0n) is 10.6. The van der Waals surface area contributed by atoms with Gasteiger partial charge in [-0.3, -0.25) is 4.21 Å². The number of anilines is 1. The van der Waals surface area contributed by atoms with Crippen molar-refractivity contribution in [1.82, 2.24) is 0 Å². The molecular weight excluding hydrogens is 230 g/mol. The van der Waals surface area contributed by atoms with Crippen LogP contribution in [0, 0.1) is 12.8 Å². The van der Waals surface area contributed by atoms with Crippen molar-refractivity contribution in [1.29, 1.82) is 0 Å². The Bertz CT molecular complexity index is 430. The van der Waals surface area contributed by atoms with Crippen molar-refractivity contribution in [3.8, 4) is 0 Å². The Morgan fingerprint density at radius 3 is 2.76 bits per heavy atom. The maximum absolute atomic E-state index is 12.5. The summed E-state index contributed by atoms with van der Waals surface area (Å²) in [5, 5.41) is 0.295. The molecular formula is C14H21NOS. The van der Waals surface area contributed by atoms with Crippen LogP contribution in [0.1, 0.15) is 38.2 Å². The second-order valence-corrected chi connectivity index (χ2v) is 6.93. The van der Waals surface area contributed by atoms with E-state index in [0.29, 0.717) is 16.9 Å². The predicted molar refractivity (Wildman–Crippen MR) is 73.4 cm³/mol. The van der Waals surface area contributed by atoms with Crippen molar-refractivity contribution in [2.24, 2.45) is 5.92 Å². The summed E-state index contributed by atoms with van der Waals surface area (Å²) >= 11 is 0. The Balaban J connectivity index is 2.18. The zero-order chi connectivity index (χ0) is 12.4. The van der Waals surface area contributed by atoms with Gasteiger partial charge >= 0.3 is 0 Å². The van der Waals surface area contributed by atoms with Crippen molar-refractivity contribution in [3.05, 3.63) is 23.8 Å². The average molecular weight is 251 g/mol. The van der Waals surface area contributed by atoms with Gasteiger partial charge in [-0.1, -0.05) is 25.8 Å². The smallest absolute Gasteiger partial charge is 0.0620 e. The Morgan fingerprint density at radius 1 is 1.35 bits per heavy atom. The quantitative estimate of drug-likeness (QED) is 0.820. The lowest BCUT2D eigenvalue weighted by molar-refractivity contribution is 0.389. The largest absolute Gasteiger partial charge is 0.398 e. The Morgan fingerprint density at radius 2 is 2.12 bits per heavy atom. The fourth-order valence-corrected chi connectivity index (χ4v) is 4.34. The van der Waals surface area contributed by atoms with Crippen molar-refractivity contribution >= 4 is 16.5 Å². The fraction of sp³-hybridized carbons (Fsp3) is 0.571. The minimum atomic E-state index is -0.935. The minimum absolute atomic E-state index is 0.295. The standard InChI is InChI=1S/C14H21NOS/c1-10-4-3-5-12(8-10)17(16)14-7-6-11(2)9-13(14)15/h6-7,9-10,12H,3-5,8,15H2,1-2H3. The Hall–Kier alpha value is -0.830. The predicted octanol–water partition coefficient (Wildman–Crippen LogP) is 3.26. The fourth-order valence-electron chi connectivity index (χ4n) is 2.60. The molecule has 2 N–H and O–H groups in total. The van der Waals surface area contributed by atoms with Crippen LogP contribution in [0.3, 0.4) is 0 Å². The van der Waals surface area contributed by atoms with Crippen molar-refractivity contribution < 1.29 is 4.21 Å². The third kappa shape index (κ3) is 2.89. The zero-order valence-corrected chi connectivity index (χ0v) is 11.4. The minimum Gasteiger partial charge on any atom is -0.398 e. The van der Waals surface area contributed by atoms with Crippen LogP contribution in [0.15, 0.2) is 23.1 Å². The van der Waals surface area contributed by atoms with Gasteiger partial charge in [0.05, 0.1) is 15.7 Å². The lowest BCUT2D eigenvalue weighted by Crippen LogP contribution is -2.23.